The van der Waals surface area contributed by atoms with Crippen molar-refractivity contribution in [1.82, 2.24) is 9.13 Å². The standard InChI is InChI=1S/C66H43BN2O2Si/c1-5-22-45(23-6-1)68-57-34-16-13-31-51(57)53-39-40-54-52-32-14-17-35-58(52)69(66(54)65(53)68)46-42-55(63-62(43-46)71-61-38-20-37-60-64(61)67(63)56-33-15-18-36-59(56)70-60)44-21-19-30-50(41-44)72(47-24-7-2-8-25-47,48-26-9-3-10-27-48)49-28-11-4-12-29-49/h1-43H. The van der Waals surface area contributed by atoms with E-state index in [2.05, 4.69) is 264 Å². The highest BCUT2D eigenvalue weighted by Crippen LogP contribution is 2.44. The quantitative estimate of drug-likeness (QED) is 0.118. The Hall–Kier alpha value is -9.10. The van der Waals surface area contributed by atoms with Gasteiger partial charge in [-0.3, -0.25) is 0 Å². The Kier molecular flexibility index (Phi) is 9.04. The Morgan fingerprint density at radius 2 is 0.792 bits per heavy atom. The summed E-state index contributed by atoms with van der Waals surface area (Å²) in [6.07, 6.45) is 0. The van der Waals surface area contributed by atoms with Gasteiger partial charge in [0.2, 0.25) is 0 Å². The minimum absolute atomic E-state index is 0.151. The van der Waals surface area contributed by atoms with Crippen LogP contribution in [0.15, 0.2) is 261 Å². The van der Waals surface area contributed by atoms with Crippen LogP contribution in [0.5, 0.6) is 23.0 Å². The number of hydrogen-bond donors (Lipinski definition) is 0. The second-order valence-corrected chi connectivity index (χ2v) is 22.9. The van der Waals surface area contributed by atoms with E-state index in [0.29, 0.717) is 0 Å². The van der Waals surface area contributed by atoms with Crippen molar-refractivity contribution in [2.75, 3.05) is 0 Å². The van der Waals surface area contributed by atoms with E-state index in [-0.39, 0.29) is 6.71 Å². The zero-order valence-corrected chi connectivity index (χ0v) is 40.1. The molecule has 0 atom stereocenters. The molecule has 6 heteroatoms. The summed E-state index contributed by atoms with van der Waals surface area (Å²) < 4.78 is 19.0. The lowest BCUT2D eigenvalue weighted by atomic mass is 9.34. The van der Waals surface area contributed by atoms with Crippen molar-refractivity contribution in [1.29, 1.82) is 0 Å². The third kappa shape index (κ3) is 5.87. The Morgan fingerprint density at radius 3 is 1.40 bits per heavy atom. The molecule has 0 radical (unpaired) electrons. The van der Waals surface area contributed by atoms with Crippen molar-refractivity contribution in [3.63, 3.8) is 0 Å². The van der Waals surface area contributed by atoms with Gasteiger partial charge in [-0.05, 0) is 91.3 Å². The highest BCUT2D eigenvalue weighted by Gasteiger charge is 2.44. The molecule has 2 aliphatic heterocycles. The fourth-order valence-corrected chi connectivity index (χ4v) is 17.2. The highest BCUT2D eigenvalue weighted by molar-refractivity contribution is 7.20. The predicted molar refractivity (Wildman–Crippen MR) is 302 cm³/mol. The highest BCUT2D eigenvalue weighted by atomic mass is 28.3. The fourth-order valence-electron chi connectivity index (χ4n) is 12.5. The van der Waals surface area contributed by atoms with Crippen LogP contribution in [0.4, 0.5) is 0 Å². The van der Waals surface area contributed by atoms with Crippen LogP contribution in [0.2, 0.25) is 0 Å². The number of benzene rings is 11. The molecule has 11 aromatic carbocycles. The maximum atomic E-state index is 7.31. The Morgan fingerprint density at radius 1 is 0.319 bits per heavy atom. The van der Waals surface area contributed by atoms with Gasteiger partial charge in [-0.15, -0.1) is 0 Å². The predicted octanol–water partition coefficient (Wildman–Crippen LogP) is 11.7. The molecule has 0 saturated heterocycles. The first-order valence-electron chi connectivity index (χ1n) is 24.8. The summed E-state index contributed by atoms with van der Waals surface area (Å²) in [6, 6.07) is 95.7. The molecule has 4 nitrogen and oxygen atoms in total. The SMILES string of the molecule is c1ccc(-n2c3ccccc3c3ccc4c5ccccc5n(-c5cc6c(c(-c7cccc([Si](c8ccccc8)(c8ccccc8)c8ccccc8)c7)c5)B5c7ccccc7Oc7cccc(c75)O6)c4c32)cc1. The van der Waals surface area contributed by atoms with Crippen LogP contribution in [-0.4, -0.2) is 23.9 Å². The number of rotatable bonds is 7. The minimum atomic E-state index is -2.92. The van der Waals surface area contributed by atoms with Crippen LogP contribution in [-0.2, 0) is 0 Å². The molecule has 4 heterocycles. The molecule has 0 bridgehead atoms. The molecular formula is C66H43BN2O2Si. The molecule has 0 N–H and O–H groups in total. The lowest BCUT2D eigenvalue weighted by molar-refractivity contribution is 0.464. The molecule has 0 aliphatic carbocycles. The summed E-state index contributed by atoms with van der Waals surface area (Å²) in [6.45, 7) is -0.151. The van der Waals surface area contributed by atoms with Crippen molar-refractivity contribution in [2.24, 2.45) is 0 Å². The molecule has 2 aromatic heterocycles. The molecule has 72 heavy (non-hydrogen) atoms. The number of ether oxygens (including phenoxy) is 2. The summed E-state index contributed by atoms with van der Waals surface area (Å²) in [4.78, 5) is 0. The van der Waals surface area contributed by atoms with Crippen LogP contribution in [0.1, 0.15) is 0 Å². The molecule has 2 aliphatic rings. The lowest BCUT2D eigenvalue weighted by Gasteiger charge is -2.36. The third-order valence-electron chi connectivity index (χ3n) is 15.4. The topological polar surface area (TPSA) is 28.3 Å². The molecule has 15 rings (SSSR count). The van der Waals surface area contributed by atoms with Gasteiger partial charge in [0, 0.05) is 38.8 Å². The monoisotopic (exact) mass is 934 g/mol. The van der Waals surface area contributed by atoms with Gasteiger partial charge in [0.05, 0.1) is 27.8 Å². The summed E-state index contributed by atoms with van der Waals surface area (Å²) >= 11 is 0. The number of nitrogens with zero attached hydrogens (tertiary/aromatic N) is 2. The van der Waals surface area contributed by atoms with Gasteiger partial charge < -0.3 is 18.6 Å². The van der Waals surface area contributed by atoms with Crippen molar-refractivity contribution in [3.8, 4) is 45.5 Å². The summed E-state index contributed by atoms with van der Waals surface area (Å²) in [5, 5.41) is 10.1. The number of para-hydroxylation sites is 4. The van der Waals surface area contributed by atoms with Gasteiger partial charge in [0.25, 0.3) is 6.71 Å². The number of hydrogen-bond acceptors (Lipinski definition) is 2. The van der Waals surface area contributed by atoms with Gasteiger partial charge >= 0.3 is 0 Å². The van der Waals surface area contributed by atoms with Gasteiger partial charge in [-0.25, -0.2) is 0 Å². The molecule has 0 amide bonds. The summed E-state index contributed by atoms with van der Waals surface area (Å²) in [7, 11) is -2.92. The number of fused-ring (bicyclic) bond motifs is 11. The van der Waals surface area contributed by atoms with E-state index in [9.17, 15) is 0 Å². The minimum Gasteiger partial charge on any atom is -0.458 e. The molecule has 13 aromatic rings. The van der Waals surface area contributed by atoms with Gasteiger partial charge in [0.1, 0.15) is 23.0 Å². The summed E-state index contributed by atoms with van der Waals surface area (Å²) in [5.41, 5.74) is 12.3. The summed E-state index contributed by atoms with van der Waals surface area (Å²) in [5.74, 6) is 3.34. The fraction of sp³-hybridized carbons (Fsp3) is 0. The van der Waals surface area contributed by atoms with Crippen LogP contribution in [0, 0.1) is 0 Å². The zero-order chi connectivity index (χ0) is 47.3. The average molecular weight is 935 g/mol. The molecule has 0 spiro atoms. The van der Waals surface area contributed by atoms with Gasteiger partial charge in [0.15, 0.2) is 8.07 Å². The first-order chi connectivity index (χ1) is 35.7. The van der Waals surface area contributed by atoms with E-state index < -0.39 is 8.07 Å². The van der Waals surface area contributed by atoms with E-state index in [4.69, 9.17) is 9.47 Å². The third-order valence-corrected chi connectivity index (χ3v) is 20.1. The van der Waals surface area contributed by atoms with Crippen molar-refractivity contribution in [2.45, 2.75) is 0 Å². The van der Waals surface area contributed by atoms with Gasteiger partial charge in [-0.1, -0.05) is 206 Å². The Labute approximate surface area is 418 Å². The normalized spacial score (nSPS) is 12.6. The number of aromatic nitrogens is 2. The maximum absolute atomic E-state index is 7.31. The molecule has 0 fully saturated rings. The molecule has 0 saturated carbocycles. The van der Waals surface area contributed by atoms with E-state index >= 15 is 0 Å². The lowest BCUT2D eigenvalue weighted by Crippen LogP contribution is -2.74. The zero-order valence-electron chi connectivity index (χ0n) is 39.1. The van der Waals surface area contributed by atoms with Crippen molar-refractivity contribution in [3.05, 3.63) is 261 Å². The second kappa shape index (κ2) is 16.0. The Balaban J connectivity index is 1.08. The van der Waals surface area contributed by atoms with Crippen LogP contribution in [0.25, 0.3) is 66.1 Å². The Bertz CT molecular complexity index is 4190. The molecule has 0 unspecified atom stereocenters. The molecule has 336 valence electrons. The molecular weight excluding hydrogens is 892 g/mol. The van der Waals surface area contributed by atoms with E-state index in [1.54, 1.807) is 0 Å². The maximum Gasteiger partial charge on any atom is 0.261 e. The first-order valence-corrected chi connectivity index (χ1v) is 26.8. The largest absolute Gasteiger partial charge is 0.458 e. The van der Waals surface area contributed by atoms with Crippen molar-refractivity contribution < 1.29 is 9.47 Å². The van der Waals surface area contributed by atoms with Gasteiger partial charge in [-0.2, -0.15) is 0 Å². The van der Waals surface area contributed by atoms with E-state index in [0.717, 1.165) is 78.4 Å². The average Bonchev–Trinajstić information content (AvgIpc) is 3.98. The smallest absolute Gasteiger partial charge is 0.261 e. The van der Waals surface area contributed by atoms with Crippen LogP contribution >= 0.6 is 0 Å². The van der Waals surface area contributed by atoms with Crippen LogP contribution in [0.3, 0.4) is 0 Å². The first kappa shape index (κ1) is 40.8. The van der Waals surface area contributed by atoms with Crippen molar-refractivity contribution >= 4 is 95.5 Å². The second-order valence-electron chi connectivity index (χ2n) is 19.1. The van der Waals surface area contributed by atoms with Crippen LogP contribution < -0.4 is 46.6 Å². The van der Waals surface area contributed by atoms with E-state index in [1.165, 1.54) is 47.8 Å². The van der Waals surface area contributed by atoms with E-state index in [1.807, 2.05) is 6.07 Å².